The molecule has 1 saturated carbocycles. The van der Waals surface area contributed by atoms with Gasteiger partial charge in [-0.1, -0.05) is 25.1 Å². The van der Waals surface area contributed by atoms with Crippen molar-refractivity contribution in [3.05, 3.63) is 47.5 Å². The number of hydrogen-bond acceptors (Lipinski definition) is 6. The number of ether oxygens (including phenoxy) is 1. The third-order valence-corrected chi connectivity index (χ3v) is 7.83. The van der Waals surface area contributed by atoms with E-state index >= 15 is 0 Å². The van der Waals surface area contributed by atoms with Crippen LogP contribution in [0.1, 0.15) is 41.6 Å². The first kappa shape index (κ1) is 21.0. The summed E-state index contributed by atoms with van der Waals surface area (Å²) < 4.78 is 34.8. The highest BCUT2D eigenvalue weighted by Crippen LogP contribution is 2.55. The van der Waals surface area contributed by atoms with Gasteiger partial charge in [0.1, 0.15) is 16.2 Å². The number of nitrogens with zero attached hydrogens (tertiary/aromatic N) is 2. The highest BCUT2D eigenvalue weighted by Gasteiger charge is 2.45. The number of carboxylic acids is 1. The van der Waals surface area contributed by atoms with Crippen LogP contribution in [0, 0.1) is 5.92 Å². The van der Waals surface area contributed by atoms with Gasteiger partial charge in [-0.15, -0.1) is 0 Å². The minimum absolute atomic E-state index is 0.00386. The number of hydrogen-bond donors (Lipinski definition) is 2. The lowest BCUT2D eigenvalue weighted by atomic mass is 10.0. The van der Waals surface area contributed by atoms with Crippen molar-refractivity contribution in [2.24, 2.45) is 10.9 Å². The molecule has 0 amide bonds. The van der Waals surface area contributed by atoms with Crippen molar-refractivity contribution in [3.63, 3.8) is 0 Å². The van der Waals surface area contributed by atoms with E-state index < -0.39 is 16.0 Å². The molecular weight excluding hydrogens is 430 g/mol. The molecule has 0 radical (unpaired) electrons. The molecule has 32 heavy (non-hydrogen) atoms. The number of fused-ring (bicyclic) bond motifs is 3. The van der Waals surface area contributed by atoms with Crippen molar-refractivity contribution in [3.8, 4) is 5.75 Å². The average Bonchev–Trinajstić information content (AvgIpc) is 3.43. The number of nitrogens with one attached hydrogen (secondary N) is 1. The lowest BCUT2D eigenvalue weighted by Crippen LogP contribution is -2.20. The van der Waals surface area contributed by atoms with Gasteiger partial charge in [-0.3, -0.25) is 14.6 Å². The normalized spacial score (nSPS) is 23.3. The Labute approximate surface area is 187 Å². The molecule has 2 aliphatic heterocycles. The van der Waals surface area contributed by atoms with Crippen LogP contribution in [-0.4, -0.2) is 56.3 Å². The second kappa shape index (κ2) is 7.90. The number of rotatable bonds is 6. The molecule has 0 bridgehead atoms. The SMILES string of the molecule is CCN1CCC(=Nc2ccccc2S(=O)(=O)Nc2ccc3c(c2C(=O)O)OCC2CC32)C1. The van der Waals surface area contributed by atoms with E-state index in [0.29, 0.717) is 30.7 Å². The van der Waals surface area contributed by atoms with Crippen molar-refractivity contribution in [2.75, 3.05) is 31.0 Å². The fourth-order valence-corrected chi connectivity index (χ4v) is 5.77. The van der Waals surface area contributed by atoms with Gasteiger partial charge in [0.15, 0.2) is 0 Å². The smallest absolute Gasteiger partial charge is 0.341 e. The summed E-state index contributed by atoms with van der Waals surface area (Å²) in [5.41, 5.74) is 1.97. The first-order valence-corrected chi connectivity index (χ1v) is 12.3. The monoisotopic (exact) mass is 455 g/mol. The fourth-order valence-electron chi connectivity index (χ4n) is 4.56. The van der Waals surface area contributed by atoms with Gasteiger partial charge in [0, 0.05) is 24.7 Å². The molecule has 3 aliphatic rings. The third kappa shape index (κ3) is 3.75. The molecule has 2 aromatic rings. The van der Waals surface area contributed by atoms with Crippen LogP contribution in [0.15, 0.2) is 46.3 Å². The number of para-hydroxylation sites is 1. The lowest BCUT2D eigenvalue weighted by Gasteiger charge is -2.21. The predicted octanol–water partition coefficient (Wildman–Crippen LogP) is 3.48. The Morgan fingerprint density at radius 2 is 2.09 bits per heavy atom. The maximum absolute atomic E-state index is 13.3. The van der Waals surface area contributed by atoms with Crippen molar-refractivity contribution in [1.82, 2.24) is 4.90 Å². The van der Waals surface area contributed by atoms with Gasteiger partial charge in [-0.05, 0) is 49.1 Å². The highest BCUT2D eigenvalue weighted by atomic mass is 32.2. The number of likely N-dealkylation sites (tertiary alicyclic amines) is 1. The first-order chi connectivity index (χ1) is 15.4. The van der Waals surface area contributed by atoms with Crippen LogP contribution in [0.5, 0.6) is 5.75 Å². The van der Waals surface area contributed by atoms with E-state index in [1.165, 1.54) is 12.1 Å². The van der Waals surface area contributed by atoms with E-state index in [-0.39, 0.29) is 21.9 Å². The fraction of sp³-hybridized carbons (Fsp3) is 0.391. The molecule has 0 aromatic heterocycles. The van der Waals surface area contributed by atoms with Crippen molar-refractivity contribution in [1.29, 1.82) is 0 Å². The van der Waals surface area contributed by atoms with E-state index in [1.54, 1.807) is 24.3 Å². The Hall–Kier alpha value is -2.91. The van der Waals surface area contributed by atoms with Gasteiger partial charge in [-0.2, -0.15) is 0 Å². The molecule has 1 aliphatic carbocycles. The van der Waals surface area contributed by atoms with Crippen LogP contribution in [0.4, 0.5) is 11.4 Å². The number of benzene rings is 2. The van der Waals surface area contributed by atoms with Gasteiger partial charge in [0.05, 0.1) is 18.0 Å². The van der Waals surface area contributed by atoms with E-state index in [2.05, 4.69) is 21.5 Å². The van der Waals surface area contributed by atoms with Crippen LogP contribution in [0.3, 0.4) is 0 Å². The van der Waals surface area contributed by atoms with Crippen LogP contribution >= 0.6 is 0 Å². The molecular formula is C23H25N3O5S. The molecule has 2 aromatic carbocycles. The number of carboxylic acid groups (broad SMARTS) is 1. The quantitative estimate of drug-likeness (QED) is 0.690. The number of anilines is 1. The summed E-state index contributed by atoms with van der Waals surface area (Å²) in [5, 5.41) is 9.84. The zero-order valence-corrected chi connectivity index (χ0v) is 18.6. The topological polar surface area (TPSA) is 108 Å². The zero-order valence-electron chi connectivity index (χ0n) is 17.7. The standard InChI is InChI=1S/C23H25N3O5S/c1-2-26-10-9-15(12-26)24-18-5-3-4-6-20(18)32(29,30)25-19-8-7-16-17-11-14(17)13-31-22(16)21(19)23(27)28/h3-8,14,17,25H,2,9-13H2,1H3,(H,27,28). The van der Waals surface area contributed by atoms with Crippen LogP contribution in [-0.2, 0) is 10.0 Å². The molecule has 2 N–H and O–H groups in total. The average molecular weight is 456 g/mol. The molecule has 168 valence electrons. The number of sulfonamides is 1. The summed E-state index contributed by atoms with van der Waals surface area (Å²) in [5.74, 6) is -0.224. The molecule has 2 heterocycles. The Morgan fingerprint density at radius 3 is 2.84 bits per heavy atom. The Kier molecular flexibility index (Phi) is 5.17. The van der Waals surface area contributed by atoms with E-state index in [1.807, 2.05) is 0 Å². The Morgan fingerprint density at radius 1 is 1.28 bits per heavy atom. The predicted molar refractivity (Wildman–Crippen MR) is 121 cm³/mol. The van der Waals surface area contributed by atoms with Crippen molar-refractivity contribution in [2.45, 2.75) is 30.6 Å². The zero-order chi connectivity index (χ0) is 22.5. The summed E-state index contributed by atoms with van der Waals surface area (Å²) in [7, 11) is -4.08. The molecule has 1 saturated heterocycles. The van der Waals surface area contributed by atoms with Gasteiger partial charge >= 0.3 is 5.97 Å². The Bertz CT molecular complexity index is 1220. The maximum atomic E-state index is 13.3. The molecule has 2 unspecified atom stereocenters. The van der Waals surface area contributed by atoms with E-state index in [9.17, 15) is 18.3 Å². The molecule has 9 heteroatoms. The lowest BCUT2D eigenvalue weighted by molar-refractivity contribution is 0.0692. The summed E-state index contributed by atoms with van der Waals surface area (Å²) in [6, 6.07) is 9.82. The van der Waals surface area contributed by atoms with E-state index in [4.69, 9.17) is 4.74 Å². The maximum Gasteiger partial charge on any atom is 0.341 e. The van der Waals surface area contributed by atoms with Gasteiger partial charge in [0.25, 0.3) is 10.0 Å². The van der Waals surface area contributed by atoms with Gasteiger partial charge in [0.2, 0.25) is 0 Å². The van der Waals surface area contributed by atoms with Gasteiger partial charge < -0.3 is 9.84 Å². The number of aromatic carboxylic acids is 1. The molecule has 5 rings (SSSR count). The third-order valence-electron chi connectivity index (χ3n) is 6.41. The van der Waals surface area contributed by atoms with Crippen LogP contribution < -0.4 is 9.46 Å². The van der Waals surface area contributed by atoms with Crippen LogP contribution in [0.2, 0.25) is 0 Å². The van der Waals surface area contributed by atoms with E-state index in [0.717, 1.165) is 37.2 Å². The van der Waals surface area contributed by atoms with Crippen molar-refractivity contribution >= 4 is 33.1 Å². The second-order valence-electron chi connectivity index (χ2n) is 8.49. The minimum Gasteiger partial charge on any atom is -0.492 e. The number of carbonyl (C=O) groups is 1. The summed E-state index contributed by atoms with van der Waals surface area (Å²) in [6.07, 6.45) is 1.77. The van der Waals surface area contributed by atoms with Gasteiger partial charge in [-0.25, -0.2) is 13.2 Å². The minimum atomic E-state index is -4.08. The summed E-state index contributed by atoms with van der Waals surface area (Å²) in [4.78, 5) is 18.9. The molecule has 2 atom stereocenters. The molecule has 2 fully saturated rings. The largest absolute Gasteiger partial charge is 0.492 e. The molecule has 0 spiro atoms. The number of aliphatic imine (C=N–C) groups is 1. The van der Waals surface area contributed by atoms with Crippen LogP contribution in [0.25, 0.3) is 0 Å². The summed E-state index contributed by atoms with van der Waals surface area (Å²) >= 11 is 0. The molecule has 8 nitrogen and oxygen atoms in total. The first-order valence-electron chi connectivity index (χ1n) is 10.8. The second-order valence-corrected chi connectivity index (χ2v) is 10.1. The Balaban J connectivity index is 1.50. The highest BCUT2D eigenvalue weighted by molar-refractivity contribution is 7.92. The van der Waals surface area contributed by atoms with Crippen molar-refractivity contribution < 1.29 is 23.1 Å². The summed E-state index contributed by atoms with van der Waals surface area (Å²) in [6.45, 7) is 5.08.